The standard InChI is InChI=1S/C16H24N2O2.ClH/c1-2-20-12-14-4-3-9-18(11-14)16(19)10-13-5-7-15(17)8-6-13;/h5-8,14H,2-4,9-12,17H2,1H3;1H. The van der Waals surface area contributed by atoms with Gasteiger partial charge in [0.15, 0.2) is 0 Å². The van der Waals surface area contributed by atoms with Gasteiger partial charge in [0.05, 0.1) is 13.0 Å². The maximum absolute atomic E-state index is 12.3. The molecule has 1 heterocycles. The molecule has 118 valence electrons. The third-order valence-electron chi connectivity index (χ3n) is 3.76. The smallest absolute Gasteiger partial charge is 0.226 e. The van der Waals surface area contributed by atoms with Crippen LogP contribution < -0.4 is 5.73 Å². The molecule has 0 aromatic heterocycles. The summed E-state index contributed by atoms with van der Waals surface area (Å²) >= 11 is 0. The van der Waals surface area contributed by atoms with Crippen molar-refractivity contribution < 1.29 is 9.53 Å². The van der Waals surface area contributed by atoms with E-state index in [1.807, 2.05) is 36.1 Å². The third kappa shape index (κ3) is 5.56. The number of nitrogens with zero attached hydrogens (tertiary/aromatic N) is 1. The monoisotopic (exact) mass is 312 g/mol. The summed E-state index contributed by atoms with van der Waals surface area (Å²) < 4.78 is 5.48. The number of nitrogens with two attached hydrogens (primary N) is 1. The molecule has 0 bridgehead atoms. The van der Waals surface area contributed by atoms with Gasteiger partial charge in [0, 0.05) is 25.4 Å². The van der Waals surface area contributed by atoms with Crippen molar-refractivity contribution in [3.63, 3.8) is 0 Å². The summed E-state index contributed by atoms with van der Waals surface area (Å²) in [7, 11) is 0. The van der Waals surface area contributed by atoms with Crippen molar-refractivity contribution in [1.29, 1.82) is 0 Å². The van der Waals surface area contributed by atoms with Gasteiger partial charge in [0.25, 0.3) is 0 Å². The van der Waals surface area contributed by atoms with Gasteiger partial charge < -0.3 is 15.4 Å². The van der Waals surface area contributed by atoms with Crippen LogP contribution in [0.5, 0.6) is 0 Å². The zero-order valence-electron chi connectivity index (χ0n) is 12.6. The molecule has 4 nitrogen and oxygen atoms in total. The predicted molar refractivity (Wildman–Crippen MR) is 87.6 cm³/mol. The number of anilines is 1. The summed E-state index contributed by atoms with van der Waals surface area (Å²) in [5, 5.41) is 0. The molecule has 0 aliphatic carbocycles. The molecule has 2 rings (SSSR count). The number of benzene rings is 1. The number of ether oxygens (including phenoxy) is 1. The number of piperidine rings is 1. The fourth-order valence-corrected chi connectivity index (χ4v) is 2.63. The SMILES string of the molecule is CCOCC1CCCN(C(=O)Cc2ccc(N)cc2)C1.Cl. The van der Waals surface area contributed by atoms with Crippen LogP contribution >= 0.6 is 12.4 Å². The van der Waals surface area contributed by atoms with Crippen LogP contribution in [0.1, 0.15) is 25.3 Å². The Morgan fingerprint density at radius 2 is 2.10 bits per heavy atom. The fourth-order valence-electron chi connectivity index (χ4n) is 2.63. The Labute approximate surface area is 133 Å². The molecule has 1 aromatic carbocycles. The van der Waals surface area contributed by atoms with Crippen LogP contribution in [0, 0.1) is 5.92 Å². The lowest BCUT2D eigenvalue weighted by molar-refractivity contribution is -0.132. The lowest BCUT2D eigenvalue weighted by Crippen LogP contribution is -2.42. The minimum atomic E-state index is 0. The molecule has 21 heavy (non-hydrogen) atoms. The van der Waals surface area contributed by atoms with E-state index in [-0.39, 0.29) is 18.3 Å². The molecule has 0 saturated carbocycles. The molecule has 1 fully saturated rings. The number of carbonyl (C=O) groups excluding carboxylic acids is 1. The molecule has 1 atom stereocenters. The van der Waals surface area contributed by atoms with Crippen LogP contribution in [0.3, 0.4) is 0 Å². The average Bonchev–Trinajstić information content (AvgIpc) is 2.48. The molecule has 5 heteroatoms. The van der Waals surface area contributed by atoms with Crippen LogP contribution in [0.15, 0.2) is 24.3 Å². The van der Waals surface area contributed by atoms with Crippen molar-refractivity contribution in [3.05, 3.63) is 29.8 Å². The number of hydrogen-bond donors (Lipinski definition) is 1. The van der Waals surface area contributed by atoms with Crippen molar-refractivity contribution in [2.75, 3.05) is 32.0 Å². The van der Waals surface area contributed by atoms with Gasteiger partial charge in [-0.1, -0.05) is 12.1 Å². The highest BCUT2D eigenvalue weighted by Crippen LogP contribution is 2.18. The van der Waals surface area contributed by atoms with E-state index in [0.717, 1.165) is 50.4 Å². The topological polar surface area (TPSA) is 55.6 Å². The van der Waals surface area contributed by atoms with Gasteiger partial charge >= 0.3 is 0 Å². The molecule has 1 amide bonds. The quantitative estimate of drug-likeness (QED) is 0.850. The molecule has 1 aromatic rings. The molecule has 1 aliphatic rings. The molecular formula is C16H25ClN2O2. The Kier molecular flexibility index (Phi) is 7.54. The second-order valence-electron chi connectivity index (χ2n) is 5.43. The molecule has 0 radical (unpaired) electrons. The van der Waals surface area contributed by atoms with Crippen molar-refractivity contribution >= 4 is 24.0 Å². The summed E-state index contributed by atoms with van der Waals surface area (Å²) in [5.74, 6) is 0.690. The van der Waals surface area contributed by atoms with E-state index in [4.69, 9.17) is 10.5 Å². The van der Waals surface area contributed by atoms with Crippen molar-refractivity contribution in [2.24, 2.45) is 5.92 Å². The fraction of sp³-hybridized carbons (Fsp3) is 0.562. The van der Waals surface area contributed by atoms with Gasteiger partial charge in [-0.05, 0) is 43.4 Å². The van der Waals surface area contributed by atoms with E-state index in [9.17, 15) is 4.79 Å². The third-order valence-corrected chi connectivity index (χ3v) is 3.76. The number of nitrogen functional groups attached to an aromatic ring is 1. The largest absolute Gasteiger partial charge is 0.399 e. The average molecular weight is 313 g/mol. The van der Waals surface area contributed by atoms with E-state index in [0.29, 0.717) is 12.3 Å². The Balaban J connectivity index is 0.00000220. The van der Waals surface area contributed by atoms with Crippen LogP contribution in [0.4, 0.5) is 5.69 Å². The van der Waals surface area contributed by atoms with Crippen molar-refractivity contribution in [1.82, 2.24) is 4.90 Å². The highest BCUT2D eigenvalue weighted by molar-refractivity contribution is 5.85. The Morgan fingerprint density at radius 3 is 2.76 bits per heavy atom. The molecule has 2 N–H and O–H groups in total. The van der Waals surface area contributed by atoms with E-state index in [1.54, 1.807) is 0 Å². The van der Waals surface area contributed by atoms with E-state index >= 15 is 0 Å². The Morgan fingerprint density at radius 1 is 1.38 bits per heavy atom. The number of rotatable bonds is 5. The first-order valence-corrected chi connectivity index (χ1v) is 7.39. The second-order valence-corrected chi connectivity index (χ2v) is 5.43. The number of halogens is 1. The second kappa shape index (κ2) is 8.90. The summed E-state index contributed by atoms with van der Waals surface area (Å²) in [5.41, 5.74) is 7.41. The first-order valence-electron chi connectivity index (χ1n) is 7.39. The van der Waals surface area contributed by atoms with Gasteiger partial charge in [0.1, 0.15) is 0 Å². The maximum atomic E-state index is 12.3. The number of amides is 1. The minimum absolute atomic E-state index is 0. The minimum Gasteiger partial charge on any atom is -0.399 e. The molecule has 1 saturated heterocycles. The normalized spacial score (nSPS) is 18.1. The van der Waals surface area contributed by atoms with Gasteiger partial charge in [0.2, 0.25) is 5.91 Å². The molecule has 1 unspecified atom stereocenters. The van der Waals surface area contributed by atoms with Gasteiger partial charge in [-0.2, -0.15) is 0 Å². The summed E-state index contributed by atoms with van der Waals surface area (Å²) in [6.45, 7) is 5.22. The number of carbonyl (C=O) groups is 1. The first-order chi connectivity index (χ1) is 9.69. The number of likely N-dealkylation sites (tertiary alicyclic amines) is 1. The molecule has 0 spiro atoms. The van der Waals surface area contributed by atoms with Crippen molar-refractivity contribution in [3.8, 4) is 0 Å². The van der Waals surface area contributed by atoms with Crippen LogP contribution in [0.25, 0.3) is 0 Å². The summed E-state index contributed by atoms with van der Waals surface area (Å²) in [6.07, 6.45) is 2.69. The zero-order valence-corrected chi connectivity index (χ0v) is 13.4. The molecule has 1 aliphatic heterocycles. The van der Waals surface area contributed by atoms with Gasteiger partial charge in [-0.3, -0.25) is 4.79 Å². The van der Waals surface area contributed by atoms with Gasteiger partial charge in [-0.15, -0.1) is 12.4 Å². The Hall–Kier alpha value is -1.26. The highest BCUT2D eigenvalue weighted by Gasteiger charge is 2.23. The van der Waals surface area contributed by atoms with Crippen molar-refractivity contribution in [2.45, 2.75) is 26.2 Å². The lowest BCUT2D eigenvalue weighted by Gasteiger charge is -2.32. The summed E-state index contributed by atoms with van der Waals surface area (Å²) in [4.78, 5) is 14.3. The lowest BCUT2D eigenvalue weighted by atomic mass is 9.98. The first kappa shape index (κ1) is 17.8. The number of hydrogen-bond acceptors (Lipinski definition) is 3. The molecular weight excluding hydrogens is 288 g/mol. The maximum Gasteiger partial charge on any atom is 0.226 e. The van der Waals surface area contributed by atoms with Crippen LogP contribution in [-0.4, -0.2) is 37.1 Å². The van der Waals surface area contributed by atoms with Crippen LogP contribution in [-0.2, 0) is 16.0 Å². The van der Waals surface area contributed by atoms with E-state index in [2.05, 4.69) is 0 Å². The zero-order chi connectivity index (χ0) is 14.4. The van der Waals surface area contributed by atoms with Crippen LogP contribution in [0.2, 0.25) is 0 Å². The summed E-state index contributed by atoms with van der Waals surface area (Å²) in [6, 6.07) is 7.54. The van der Waals surface area contributed by atoms with E-state index < -0.39 is 0 Å². The predicted octanol–water partition coefficient (Wildman–Crippen LogP) is 2.51. The van der Waals surface area contributed by atoms with Gasteiger partial charge in [-0.25, -0.2) is 0 Å². The Bertz CT molecular complexity index is 436. The van der Waals surface area contributed by atoms with E-state index in [1.165, 1.54) is 0 Å². The highest BCUT2D eigenvalue weighted by atomic mass is 35.5.